The molecule has 0 radical (unpaired) electrons. The molecule has 0 aromatic carbocycles. The normalized spacial score (nSPS) is 14.8. The number of nitrogens with one attached hydrogen (secondary N) is 1. The summed E-state index contributed by atoms with van der Waals surface area (Å²) in [4.78, 5) is 11.8. The number of aromatic nitrogens is 2. The van der Waals surface area contributed by atoms with E-state index in [2.05, 4.69) is 17.2 Å². The highest BCUT2D eigenvalue weighted by molar-refractivity contribution is 7.22. The van der Waals surface area contributed by atoms with E-state index in [4.69, 9.17) is 4.98 Å². The van der Waals surface area contributed by atoms with E-state index in [0.29, 0.717) is 0 Å². The lowest BCUT2D eigenvalue weighted by atomic mass is 10.0. The minimum absolute atomic E-state index is 1.01. The average molecular weight is 287 g/mol. The van der Waals surface area contributed by atoms with E-state index in [1.165, 1.54) is 25.6 Å². The summed E-state index contributed by atoms with van der Waals surface area (Å²) < 4.78 is 1.22. The first-order chi connectivity index (χ1) is 9.33. The molecule has 0 bridgehead atoms. The van der Waals surface area contributed by atoms with Crippen molar-refractivity contribution in [2.75, 3.05) is 6.54 Å². The van der Waals surface area contributed by atoms with Crippen LogP contribution in [0.15, 0.2) is 18.5 Å². The van der Waals surface area contributed by atoms with E-state index in [0.717, 1.165) is 30.0 Å². The Labute approximate surface area is 119 Å². The first-order valence-electron chi connectivity index (χ1n) is 6.36. The van der Waals surface area contributed by atoms with E-state index < -0.39 is 0 Å². The standard InChI is InChI=1S/C14H13N3S2/c1-8-13(9-2-4-16-7-12(9)18-8)14-17-10-6-15-5-3-11(10)19-14/h3,5-6,16H,2,4,7H2,1H3. The van der Waals surface area contributed by atoms with Crippen LogP contribution in [0, 0.1) is 6.92 Å². The zero-order valence-corrected chi connectivity index (χ0v) is 12.2. The van der Waals surface area contributed by atoms with Crippen LogP contribution in [0.3, 0.4) is 0 Å². The van der Waals surface area contributed by atoms with Crippen LogP contribution in [-0.2, 0) is 13.0 Å². The minimum Gasteiger partial charge on any atom is -0.312 e. The van der Waals surface area contributed by atoms with Crippen molar-refractivity contribution in [1.82, 2.24) is 15.3 Å². The van der Waals surface area contributed by atoms with Gasteiger partial charge in [-0.15, -0.1) is 22.7 Å². The van der Waals surface area contributed by atoms with Crippen LogP contribution in [0.2, 0.25) is 0 Å². The summed E-state index contributed by atoms with van der Waals surface area (Å²) >= 11 is 3.69. The number of hydrogen-bond acceptors (Lipinski definition) is 5. The predicted octanol–water partition coefficient (Wildman–Crippen LogP) is 3.37. The molecule has 1 N–H and O–H groups in total. The molecule has 0 unspecified atom stereocenters. The molecule has 0 fully saturated rings. The van der Waals surface area contributed by atoms with E-state index in [1.807, 2.05) is 29.8 Å². The molecular formula is C14H13N3S2. The Morgan fingerprint density at radius 1 is 1.32 bits per heavy atom. The molecule has 0 spiro atoms. The number of hydrogen-bond donors (Lipinski definition) is 1. The van der Waals surface area contributed by atoms with Crippen molar-refractivity contribution in [3.8, 4) is 10.6 Å². The summed E-state index contributed by atoms with van der Waals surface area (Å²) in [6.07, 6.45) is 4.80. The SMILES string of the molecule is Cc1sc2c(c1-c1nc3cnccc3s1)CCNC2. The maximum atomic E-state index is 4.77. The molecule has 0 amide bonds. The van der Waals surface area contributed by atoms with Crippen molar-refractivity contribution in [2.45, 2.75) is 19.9 Å². The van der Waals surface area contributed by atoms with Crippen LogP contribution >= 0.6 is 22.7 Å². The van der Waals surface area contributed by atoms with Gasteiger partial charge < -0.3 is 5.32 Å². The second-order valence-electron chi connectivity index (χ2n) is 4.72. The fraction of sp³-hybridized carbons (Fsp3) is 0.286. The predicted molar refractivity (Wildman–Crippen MR) is 80.9 cm³/mol. The quantitative estimate of drug-likeness (QED) is 0.745. The third kappa shape index (κ3) is 1.81. The van der Waals surface area contributed by atoms with Gasteiger partial charge in [-0.05, 0) is 31.5 Å². The number of pyridine rings is 1. The first kappa shape index (κ1) is 11.5. The van der Waals surface area contributed by atoms with E-state index in [1.54, 1.807) is 11.3 Å². The van der Waals surface area contributed by atoms with Gasteiger partial charge in [-0.2, -0.15) is 0 Å². The lowest BCUT2D eigenvalue weighted by Gasteiger charge is -2.13. The number of thiophene rings is 1. The van der Waals surface area contributed by atoms with Gasteiger partial charge in [-0.3, -0.25) is 4.98 Å². The fourth-order valence-corrected chi connectivity index (χ4v) is 4.96. The summed E-state index contributed by atoms with van der Waals surface area (Å²) in [5.41, 5.74) is 3.90. The van der Waals surface area contributed by atoms with Gasteiger partial charge in [0.15, 0.2) is 0 Å². The molecule has 4 heterocycles. The van der Waals surface area contributed by atoms with Gasteiger partial charge in [0.2, 0.25) is 0 Å². The number of nitrogens with zero attached hydrogens (tertiary/aromatic N) is 2. The molecule has 19 heavy (non-hydrogen) atoms. The van der Waals surface area contributed by atoms with Crippen molar-refractivity contribution in [2.24, 2.45) is 0 Å². The van der Waals surface area contributed by atoms with Crippen molar-refractivity contribution in [3.63, 3.8) is 0 Å². The molecule has 5 heteroatoms. The summed E-state index contributed by atoms with van der Waals surface area (Å²) in [5.74, 6) is 0. The number of fused-ring (bicyclic) bond motifs is 2. The molecule has 0 atom stereocenters. The molecule has 96 valence electrons. The smallest absolute Gasteiger partial charge is 0.126 e. The van der Waals surface area contributed by atoms with Crippen LogP contribution in [0.25, 0.3) is 20.8 Å². The van der Waals surface area contributed by atoms with Gasteiger partial charge >= 0.3 is 0 Å². The van der Waals surface area contributed by atoms with Gasteiger partial charge in [0, 0.05) is 28.1 Å². The molecular weight excluding hydrogens is 274 g/mol. The maximum Gasteiger partial charge on any atom is 0.126 e. The molecule has 0 aliphatic carbocycles. The van der Waals surface area contributed by atoms with Crippen molar-refractivity contribution < 1.29 is 0 Å². The Balaban J connectivity index is 1.94. The van der Waals surface area contributed by atoms with Crippen LogP contribution < -0.4 is 5.32 Å². The van der Waals surface area contributed by atoms with Crippen LogP contribution in [-0.4, -0.2) is 16.5 Å². The molecule has 1 aliphatic rings. The first-order valence-corrected chi connectivity index (χ1v) is 7.99. The maximum absolute atomic E-state index is 4.77. The third-order valence-corrected chi connectivity index (χ3v) is 5.71. The van der Waals surface area contributed by atoms with E-state index >= 15 is 0 Å². The highest BCUT2D eigenvalue weighted by Crippen LogP contribution is 2.40. The molecule has 3 aromatic rings. The van der Waals surface area contributed by atoms with Gasteiger partial charge in [-0.25, -0.2) is 4.98 Å². The highest BCUT2D eigenvalue weighted by atomic mass is 32.1. The molecule has 3 nitrogen and oxygen atoms in total. The molecule has 0 saturated heterocycles. The third-order valence-electron chi connectivity index (χ3n) is 3.51. The average Bonchev–Trinajstić information content (AvgIpc) is 2.97. The largest absolute Gasteiger partial charge is 0.312 e. The summed E-state index contributed by atoms with van der Waals surface area (Å²) in [6, 6.07) is 2.05. The molecule has 1 aliphatic heterocycles. The van der Waals surface area contributed by atoms with Crippen molar-refractivity contribution >= 4 is 32.9 Å². The lowest BCUT2D eigenvalue weighted by Crippen LogP contribution is -2.22. The second-order valence-corrected chi connectivity index (χ2v) is 7.06. The summed E-state index contributed by atoms with van der Waals surface area (Å²) in [7, 11) is 0. The van der Waals surface area contributed by atoms with Crippen LogP contribution in [0.4, 0.5) is 0 Å². The van der Waals surface area contributed by atoms with Crippen molar-refractivity contribution in [3.05, 3.63) is 33.8 Å². The van der Waals surface area contributed by atoms with Gasteiger partial charge in [0.1, 0.15) is 10.5 Å². The molecule has 0 saturated carbocycles. The van der Waals surface area contributed by atoms with Crippen molar-refractivity contribution in [1.29, 1.82) is 0 Å². The van der Waals surface area contributed by atoms with E-state index in [9.17, 15) is 0 Å². The van der Waals surface area contributed by atoms with Gasteiger partial charge in [0.05, 0.1) is 10.9 Å². The minimum atomic E-state index is 1.01. The molecule has 3 aromatic heterocycles. The number of aryl methyl sites for hydroxylation is 1. The number of rotatable bonds is 1. The molecule has 4 rings (SSSR count). The summed E-state index contributed by atoms with van der Waals surface area (Å²) in [6.45, 7) is 4.29. The lowest BCUT2D eigenvalue weighted by molar-refractivity contribution is 0.655. The second kappa shape index (κ2) is 4.37. The zero-order valence-electron chi connectivity index (χ0n) is 10.6. The highest BCUT2D eigenvalue weighted by Gasteiger charge is 2.21. The Morgan fingerprint density at radius 3 is 3.16 bits per heavy atom. The van der Waals surface area contributed by atoms with Gasteiger partial charge in [-0.1, -0.05) is 0 Å². The Kier molecular flexibility index (Phi) is 2.65. The Hall–Kier alpha value is -1.30. The number of thiazole rings is 1. The van der Waals surface area contributed by atoms with Crippen LogP contribution in [0.5, 0.6) is 0 Å². The van der Waals surface area contributed by atoms with Gasteiger partial charge in [0.25, 0.3) is 0 Å². The topological polar surface area (TPSA) is 37.8 Å². The van der Waals surface area contributed by atoms with Crippen LogP contribution in [0.1, 0.15) is 15.3 Å². The Morgan fingerprint density at radius 2 is 2.26 bits per heavy atom. The Bertz CT molecular complexity index is 724. The summed E-state index contributed by atoms with van der Waals surface area (Å²) in [5, 5.41) is 4.60. The fourth-order valence-electron chi connectivity index (χ4n) is 2.64. The van der Waals surface area contributed by atoms with E-state index in [-0.39, 0.29) is 0 Å². The monoisotopic (exact) mass is 287 g/mol. The zero-order chi connectivity index (χ0) is 12.8.